The fourth-order valence-electron chi connectivity index (χ4n) is 3.92. The van der Waals surface area contributed by atoms with Crippen molar-refractivity contribution in [2.45, 2.75) is 51.4 Å². The maximum absolute atomic E-state index is 12.3. The summed E-state index contributed by atoms with van der Waals surface area (Å²) >= 11 is 0. The van der Waals surface area contributed by atoms with Crippen molar-refractivity contribution in [1.29, 1.82) is 0 Å². The number of nitrogens with two attached hydrogens (primary N) is 1. The highest BCUT2D eigenvalue weighted by Crippen LogP contribution is 2.31. The molecule has 0 aromatic rings. The second-order valence-corrected chi connectivity index (χ2v) is 7.13. The fraction of sp³-hybridized carbons (Fsp3) is 0.941. The molecule has 0 radical (unpaired) electrons. The second-order valence-electron chi connectivity index (χ2n) is 7.13. The zero-order valence-electron chi connectivity index (χ0n) is 13.7. The van der Waals surface area contributed by atoms with Gasteiger partial charge in [0.2, 0.25) is 5.91 Å². The highest BCUT2D eigenvalue weighted by molar-refractivity contribution is 5.78. The molecule has 0 aromatic carbocycles. The Morgan fingerprint density at radius 2 is 1.90 bits per heavy atom. The quantitative estimate of drug-likeness (QED) is 0.788. The van der Waals surface area contributed by atoms with Crippen LogP contribution in [0.2, 0.25) is 0 Å². The molecular weight excluding hydrogens is 262 g/mol. The molecule has 4 nitrogen and oxygen atoms in total. The molecule has 4 heteroatoms. The summed E-state index contributed by atoms with van der Waals surface area (Å²) < 4.78 is 0. The number of hydrogen-bond donors (Lipinski definition) is 2. The van der Waals surface area contributed by atoms with Crippen molar-refractivity contribution in [3.8, 4) is 0 Å². The zero-order chi connectivity index (χ0) is 15.1. The van der Waals surface area contributed by atoms with Crippen LogP contribution in [0.4, 0.5) is 0 Å². The molecule has 1 amide bonds. The van der Waals surface area contributed by atoms with Gasteiger partial charge in [-0.3, -0.25) is 4.79 Å². The molecule has 1 saturated heterocycles. The molecule has 1 aliphatic carbocycles. The highest BCUT2D eigenvalue weighted by Gasteiger charge is 2.26. The Morgan fingerprint density at radius 3 is 2.62 bits per heavy atom. The van der Waals surface area contributed by atoms with E-state index in [2.05, 4.69) is 17.3 Å². The summed E-state index contributed by atoms with van der Waals surface area (Å²) in [5.74, 6) is 2.02. The maximum Gasteiger partial charge on any atom is 0.223 e. The fourth-order valence-corrected chi connectivity index (χ4v) is 3.92. The van der Waals surface area contributed by atoms with Crippen LogP contribution in [-0.2, 0) is 4.79 Å². The molecular formula is C17H33N3O. The van der Waals surface area contributed by atoms with Gasteiger partial charge in [0.05, 0.1) is 0 Å². The summed E-state index contributed by atoms with van der Waals surface area (Å²) in [6.45, 7) is 4.05. The lowest BCUT2D eigenvalue weighted by Crippen LogP contribution is -2.36. The average Bonchev–Trinajstić information content (AvgIpc) is 2.50. The second kappa shape index (κ2) is 8.74. The number of carbonyl (C=O) groups is 1. The van der Waals surface area contributed by atoms with Crippen LogP contribution in [0.3, 0.4) is 0 Å². The lowest BCUT2D eigenvalue weighted by Gasteiger charge is -2.30. The summed E-state index contributed by atoms with van der Waals surface area (Å²) in [5, 5.41) is 3.19. The molecule has 1 aliphatic heterocycles. The first-order valence-electron chi connectivity index (χ1n) is 8.85. The number of likely N-dealkylation sites (tertiary alicyclic amines) is 1. The molecule has 2 rings (SSSR count). The van der Waals surface area contributed by atoms with Crippen molar-refractivity contribution in [3.63, 3.8) is 0 Å². The molecule has 2 unspecified atom stereocenters. The van der Waals surface area contributed by atoms with Crippen LogP contribution in [0.1, 0.15) is 51.4 Å². The Kier molecular flexibility index (Phi) is 6.97. The number of carbonyl (C=O) groups excluding carboxylic acids is 1. The Bertz CT molecular complexity index is 311. The Hall–Kier alpha value is -0.610. The van der Waals surface area contributed by atoms with Crippen molar-refractivity contribution in [1.82, 2.24) is 10.2 Å². The summed E-state index contributed by atoms with van der Waals surface area (Å²) in [6.07, 6.45) is 9.38. The van der Waals surface area contributed by atoms with Crippen molar-refractivity contribution >= 4 is 5.91 Å². The molecule has 1 saturated carbocycles. The molecule has 0 spiro atoms. The number of hydrogen-bond acceptors (Lipinski definition) is 3. The lowest BCUT2D eigenvalue weighted by atomic mass is 9.79. The minimum atomic E-state index is 0.243. The third kappa shape index (κ3) is 5.59. The smallest absolute Gasteiger partial charge is 0.223 e. The Labute approximate surface area is 129 Å². The first-order chi connectivity index (χ1) is 10.2. The van der Waals surface area contributed by atoms with Crippen LogP contribution < -0.4 is 11.1 Å². The first-order valence-corrected chi connectivity index (χ1v) is 8.85. The van der Waals surface area contributed by atoms with Gasteiger partial charge in [-0.25, -0.2) is 0 Å². The van der Waals surface area contributed by atoms with E-state index in [4.69, 9.17) is 5.73 Å². The average molecular weight is 295 g/mol. The number of piperidine rings is 1. The van der Waals surface area contributed by atoms with E-state index in [9.17, 15) is 4.79 Å². The van der Waals surface area contributed by atoms with E-state index in [1.54, 1.807) is 0 Å². The minimum Gasteiger partial charge on any atom is -0.356 e. The number of nitrogens with one attached hydrogen (secondary N) is 1. The van der Waals surface area contributed by atoms with Gasteiger partial charge in [-0.15, -0.1) is 0 Å². The van der Waals surface area contributed by atoms with Crippen LogP contribution >= 0.6 is 0 Å². The monoisotopic (exact) mass is 295 g/mol. The van der Waals surface area contributed by atoms with E-state index in [1.165, 1.54) is 38.8 Å². The van der Waals surface area contributed by atoms with Gasteiger partial charge in [0, 0.05) is 12.5 Å². The van der Waals surface area contributed by atoms with E-state index in [0.29, 0.717) is 11.8 Å². The SMILES string of the molecule is CN1CCC(CCNC(=O)C2CCCC(CCN)C2)CC1. The predicted molar refractivity (Wildman–Crippen MR) is 87.0 cm³/mol. The van der Waals surface area contributed by atoms with Crippen molar-refractivity contribution in [2.24, 2.45) is 23.5 Å². The highest BCUT2D eigenvalue weighted by atomic mass is 16.1. The van der Waals surface area contributed by atoms with Gasteiger partial charge >= 0.3 is 0 Å². The van der Waals surface area contributed by atoms with Gasteiger partial charge in [-0.1, -0.05) is 12.8 Å². The van der Waals surface area contributed by atoms with Gasteiger partial charge in [0.1, 0.15) is 0 Å². The van der Waals surface area contributed by atoms with E-state index in [0.717, 1.165) is 44.7 Å². The van der Waals surface area contributed by atoms with Crippen molar-refractivity contribution in [2.75, 3.05) is 33.2 Å². The van der Waals surface area contributed by atoms with Gasteiger partial charge < -0.3 is 16.0 Å². The van der Waals surface area contributed by atoms with Crippen molar-refractivity contribution < 1.29 is 4.79 Å². The largest absolute Gasteiger partial charge is 0.356 e. The molecule has 3 N–H and O–H groups in total. The van der Waals surface area contributed by atoms with E-state index >= 15 is 0 Å². The molecule has 2 fully saturated rings. The lowest BCUT2D eigenvalue weighted by molar-refractivity contribution is -0.126. The van der Waals surface area contributed by atoms with Crippen LogP contribution in [0.25, 0.3) is 0 Å². The van der Waals surface area contributed by atoms with Gasteiger partial charge in [0.15, 0.2) is 0 Å². The van der Waals surface area contributed by atoms with E-state index in [-0.39, 0.29) is 5.92 Å². The third-order valence-electron chi connectivity index (χ3n) is 5.42. The maximum atomic E-state index is 12.3. The molecule has 0 aromatic heterocycles. The number of amides is 1. The normalized spacial score (nSPS) is 28.5. The standard InChI is InChI=1S/C17H33N3O/c1-20-11-7-14(8-12-20)6-10-19-17(21)16-4-2-3-15(13-16)5-9-18/h14-16H,2-13,18H2,1H3,(H,19,21). The molecule has 2 aliphatic rings. The van der Waals surface area contributed by atoms with Crippen molar-refractivity contribution in [3.05, 3.63) is 0 Å². The third-order valence-corrected chi connectivity index (χ3v) is 5.42. The van der Waals surface area contributed by atoms with E-state index in [1.807, 2.05) is 0 Å². The molecule has 1 heterocycles. The molecule has 0 bridgehead atoms. The topological polar surface area (TPSA) is 58.4 Å². The van der Waals surface area contributed by atoms with Crippen LogP contribution in [0, 0.1) is 17.8 Å². The summed E-state index contributed by atoms with van der Waals surface area (Å²) in [4.78, 5) is 14.7. The predicted octanol–water partition coefficient (Wildman–Crippen LogP) is 1.99. The van der Waals surface area contributed by atoms with Gasteiger partial charge in [-0.05, 0) is 77.0 Å². The summed E-state index contributed by atoms with van der Waals surface area (Å²) in [7, 11) is 2.19. The summed E-state index contributed by atoms with van der Waals surface area (Å²) in [5.41, 5.74) is 5.65. The van der Waals surface area contributed by atoms with Crippen LogP contribution in [0.5, 0.6) is 0 Å². The zero-order valence-corrected chi connectivity index (χ0v) is 13.7. The van der Waals surface area contributed by atoms with Crippen LogP contribution in [0.15, 0.2) is 0 Å². The first kappa shape index (κ1) is 16.8. The Balaban J connectivity index is 1.62. The molecule has 2 atom stereocenters. The van der Waals surface area contributed by atoms with E-state index < -0.39 is 0 Å². The van der Waals surface area contributed by atoms with Crippen LogP contribution in [-0.4, -0.2) is 44.0 Å². The molecule has 21 heavy (non-hydrogen) atoms. The minimum absolute atomic E-state index is 0.243. The Morgan fingerprint density at radius 1 is 1.14 bits per heavy atom. The van der Waals surface area contributed by atoms with Gasteiger partial charge in [-0.2, -0.15) is 0 Å². The summed E-state index contributed by atoms with van der Waals surface area (Å²) in [6, 6.07) is 0. The van der Waals surface area contributed by atoms with Gasteiger partial charge in [0.25, 0.3) is 0 Å². The number of nitrogens with zero attached hydrogens (tertiary/aromatic N) is 1. The number of rotatable bonds is 6. The molecule has 122 valence electrons.